The molecule has 0 atom stereocenters. The standard InChI is InChI=1S/C20H32N2/c1-3-7-18(8-4-1)13-14-21-20-11-9-19(10-12-20)17-22-15-5-2-6-16-22/h9-12,18,21H,1-8,13-17H2. The SMILES string of the molecule is c1cc(NCCC2CCCCC2)ccc1CN1CCCCC1. The molecule has 1 aliphatic heterocycles. The van der Waals surface area contributed by atoms with Crippen LogP contribution < -0.4 is 5.32 Å². The van der Waals surface area contributed by atoms with Gasteiger partial charge in [0.05, 0.1) is 0 Å². The van der Waals surface area contributed by atoms with E-state index in [0.29, 0.717) is 0 Å². The van der Waals surface area contributed by atoms with Crippen LogP contribution in [0.3, 0.4) is 0 Å². The second kappa shape index (κ2) is 8.57. The Morgan fingerprint density at radius 2 is 1.55 bits per heavy atom. The van der Waals surface area contributed by atoms with Crippen molar-refractivity contribution in [2.75, 3.05) is 25.0 Å². The molecular formula is C20H32N2. The van der Waals surface area contributed by atoms with Crippen molar-refractivity contribution in [1.29, 1.82) is 0 Å². The molecule has 2 fully saturated rings. The zero-order valence-electron chi connectivity index (χ0n) is 14.0. The summed E-state index contributed by atoms with van der Waals surface area (Å²) in [5.41, 5.74) is 2.75. The summed E-state index contributed by atoms with van der Waals surface area (Å²) >= 11 is 0. The molecule has 122 valence electrons. The van der Waals surface area contributed by atoms with E-state index in [4.69, 9.17) is 0 Å². The van der Waals surface area contributed by atoms with Gasteiger partial charge < -0.3 is 5.32 Å². The van der Waals surface area contributed by atoms with Crippen molar-refractivity contribution >= 4 is 5.69 Å². The van der Waals surface area contributed by atoms with Crippen LogP contribution in [0.1, 0.15) is 63.4 Å². The summed E-state index contributed by atoms with van der Waals surface area (Å²) in [7, 11) is 0. The van der Waals surface area contributed by atoms with Crippen LogP contribution >= 0.6 is 0 Å². The second-order valence-corrected chi connectivity index (χ2v) is 7.25. The summed E-state index contributed by atoms with van der Waals surface area (Å²) in [6, 6.07) is 9.13. The molecule has 1 N–H and O–H groups in total. The first-order chi connectivity index (χ1) is 10.9. The normalized spacial score (nSPS) is 20.9. The van der Waals surface area contributed by atoms with E-state index in [1.54, 1.807) is 0 Å². The average Bonchev–Trinajstić information content (AvgIpc) is 2.58. The van der Waals surface area contributed by atoms with Crippen LogP contribution in [0.25, 0.3) is 0 Å². The maximum atomic E-state index is 3.61. The Morgan fingerprint density at radius 1 is 0.864 bits per heavy atom. The molecule has 0 aromatic heterocycles. The molecule has 1 saturated heterocycles. The summed E-state index contributed by atoms with van der Waals surface area (Å²) in [4.78, 5) is 2.59. The Morgan fingerprint density at radius 3 is 2.27 bits per heavy atom. The highest BCUT2D eigenvalue weighted by molar-refractivity contribution is 5.44. The van der Waals surface area contributed by atoms with Crippen molar-refractivity contribution < 1.29 is 0 Å². The van der Waals surface area contributed by atoms with Crippen LogP contribution in [-0.4, -0.2) is 24.5 Å². The Balaban J connectivity index is 1.39. The fourth-order valence-electron chi connectivity index (χ4n) is 4.00. The van der Waals surface area contributed by atoms with E-state index in [1.165, 1.54) is 82.1 Å². The van der Waals surface area contributed by atoms with E-state index >= 15 is 0 Å². The topological polar surface area (TPSA) is 15.3 Å². The van der Waals surface area contributed by atoms with Crippen LogP contribution in [0.4, 0.5) is 5.69 Å². The number of anilines is 1. The van der Waals surface area contributed by atoms with Crippen LogP contribution in [0.2, 0.25) is 0 Å². The first kappa shape index (κ1) is 15.9. The van der Waals surface area contributed by atoms with Crippen molar-refractivity contribution in [3.63, 3.8) is 0 Å². The maximum Gasteiger partial charge on any atom is 0.0340 e. The largest absolute Gasteiger partial charge is 0.385 e. The maximum absolute atomic E-state index is 3.61. The fraction of sp³-hybridized carbons (Fsp3) is 0.700. The molecule has 0 bridgehead atoms. The molecule has 1 aliphatic carbocycles. The molecule has 0 unspecified atom stereocenters. The minimum Gasteiger partial charge on any atom is -0.385 e. The van der Waals surface area contributed by atoms with Gasteiger partial charge in [-0.2, -0.15) is 0 Å². The third-order valence-electron chi connectivity index (χ3n) is 5.42. The Bertz CT molecular complexity index is 414. The summed E-state index contributed by atoms with van der Waals surface area (Å²) in [5.74, 6) is 0.972. The van der Waals surface area contributed by atoms with E-state index in [1.807, 2.05) is 0 Å². The molecule has 1 aromatic rings. The number of piperidine rings is 1. The van der Waals surface area contributed by atoms with Crippen LogP contribution in [0.15, 0.2) is 24.3 Å². The number of rotatable bonds is 6. The average molecular weight is 300 g/mol. The minimum absolute atomic E-state index is 0.972. The van der Waals surface area contributed by atoms with Gasteiger partial charge in [0.2, 0.25) is 0 Å². The van der Waals surface area contributed by atoms with E-state index < -0.39 is 0 Å². The van der Waals surface area contributed by atoms with Crippen molar-refractivity contribution in [1.82, 2.24) is 4.90 Å². The molecule has 1 heterocycles. The van der Waals surface area contributed by atoms with Gasteiger partial charge in [-0.1, -0.05) is 50.7 Å². The lowest BCUT2D eigenvalue weighted by molar-refractivity contribution is 0.221. The molecule has 0 radical (unpaired) electrons. The zero-order chi connectivity index (χ0) is 15.0. The van der Waals surface area contributed by atoms with Gasteiger partial charge in [-0.05, 0) is 56.0 Å². The summed E-state index contributed by atoms with van der Waals surface area (Å²) in [6.45, 7) is 4.82. The lowest BCUT2D eigenvalue weighted by Gasteiger charge is -2.26. The molecule has 3 rings (SSSR count). The Kier molecular flexibility index (Phi) is 6.18. The smallest absolute Gasteiger partial charge is 0.0340 e. The molecule has 1 saturated carbocycles. The van der Waals surface area contributed by atoms with E-state index in [0.717, 1.165) is 19.0 Å². The van der Waals surface area contributed by atoms with Gasteiger partial charge in [-0.15, -0.1) is 0 Å². The molecule has 2 nitrogen and oxygen atoms in total. The highest BCUT2D eigenvalue weighted by Crippen LogP contribution is 2.26. The fourth-order valence-corrected chi connectivity index (χ4v) is 4.00. The molecule has 0 amide bonds. The molecule has 2 heteroatoms. The molecule has 22 heavy (non-hydrogen) atoms. The number of hydrogen-bond donors (Lipinski definition) is 1. The number of likely N-dealkylation sites (tertiary alicyclic amines) is 1. The number of benzene rings is 1. The monoisotopic (exact) mass is 300 g/mol. The van der Waals surface area contributed by atoms with Crippen molar-refractivity contribution in [3.05, 3.63) is 29.8 Å². The van der Waals surface area contributed by atoms with E-state index in [-0.39, 0.29) is 0 Å². The zero-order valence-corrected chi connectivity index (χ0v) is 14.0. The predicted octanol–water partition coefficient (Wildman–Crippen LogP) is 5.05. The van der Waals surface area contributed by atoms with Crippen molar-refractivity contribution in [3.8, 4) is 0 Å². The minimum atomic E-state index is 0.972. The third kappa shape index (κ3) is 5.01. The van der Waals surface area contributed by atoms with E-state index in [9.17, 15) is 0 Å². The molecule has 1 aromatic carbocycles. The Labute approximate surface area is 136 Å². The van der Waals surface area contributed by atoms with Gasteiger partial charge in [0, 0.05) is 18.8 Å². The summed E-state index contributed by atoms with van der Waals surface area (Å²) < 4.78 is 0. The second-order valence-electron chi connectivity index (χ2n) is 7.25. The lowest BCUT2D eigenvalue weighted by Crippen LogP contribution is -2.29. The van der Waals surface area contributed by atoms with Crippen LogP contribution in [0.5, 0.6) is 0 Å². The van der Waals surface area contributed by atoms with Gasteiger partial charge in [0.25, 0.3) is 0 Å². The van der Waals surface area contributed by atoms with Gasteiger partial charge in [-0.25, -0.2) is 0 Å². The molecular weight excluding hydrogens is 268 g/mol. The number of hydrogen-bond acceptors (Lipinski definition) is 2. The summed E-state index contributed by atoms with van der Waals surface area (Å²) in [5, 5.41) is 3.61. The van der Waals surface area contributed by atoms with Gasteiger partial charge in [-0.3, -0.25) is 4.90 Å². The van der Waals surface area contributed by atoms with Crippen molar-refractivity contribution in [2.45, 2.75) is 64.3 Å². The quantitative estimate of drug-likeness (QED) is 0.790. The number of nitrogens with zero attached hydrogens (tertiary/aromatic N) is 1. The highest BCUT2D eigenvalue weighted by Gasteiger charge is 2.13. The van der Waals surface area contributed by atoms with Gasteiger partial charge in [0.15, 0.2) is 0 Å². The predicted molar refractivity (Wildman–Crippen MR) is 95.3 cm³/mol. The lowest BCUT2D eigenvalue weighted by atomic mass is 9.87. The van der Waals surface area contributed by atoms with Crippen LogP contribution in [-0.2, 0) is 6.54 Å². The third-order valence-corrected chi connectivity index (χ3v) is 5.42. The van der Waals surface area contributed by atoms with Crippen molar-refractivity contribution in [2.24, 2.45) is 5.92 Å². The van der Waals surface area contributed by atoms with Gasteiger partial charge in [0.1, 0.15) is 0 Å². The Hall–Kier alpha value is -1.02. The first-order valence-corrected chi connectivity index (χ1v) is 9.45. The van der Waals surface area contributed by atoms with Gasteiger partial charge >= 0.3 is 0 Å². The molecule has 0 spiro atoms. The highest BCUT2D eigenvalue weighted by atomic mass is 15.1. The molecule has 2 aliphatic rings. The van der Waals surface area contributed by atoms with E-state index in [2.05, 4.69) is 34.5 Å². The number of nitrogens with one attached hydrogen (secondary N) is 1. The summed E-state index contributed by atoms with van der Waals surface area (Å²) in [6.07, 6.45) is 12.8. The first-order valence-electron chi connectivity index (χ1n) is 9.45. The van der Waals surface area contributed by atoms with Crippen LogP contribution in [0, 0.1) is 5.92 Å².